The number of aromatic nitrogens is 1. The Kier molecular flexibility index (Phi) is 6.13. The second-order valence-corrected chi connectivity index (χ2v) is 13.4. The van der Waals surface area contributed by atoms with Crippen molar-refractivity contribution in [1.29, 1.82) is 0 Å². The van der Waals surface area contributed by atoms with Crippen molar-refractivity contribution in [3.63, 3.8) is 0 Å². The molecule has 4 aromatic carbocycles. The summed E-state index contributed by atoms with van der Waals surface area (Å²) < 4.78 is 1.29. The van der Waals surface area contributed by atoms with Crippen LogP contribution in [0.5, 0.6) is 0 Å². The zero-order valence-corrected chi connectivity index (χ0v) is 24.7. The molecule has 0 amide bonds. The lowest BCUT2D eigenvalue weighted by molar-refractivity contribution is 0.596. The molecule has 0 N–H and O–H groups in total. The molecule has 0 unspecified atom stereocenters. The predicted octanol–water partition coefficient (Wildman–Crippen LogP) is 10.3. The van der Waals surface area contributed by atoms with Crippen LogP contribution in [0.4, 0.5) is 0 Å². The van der Waals surface area contributed by atoms with Gasteiger partial charge < -0.3 is 0 Å². The molecule has 0 radical (unpaired) electrons. The van der Waals surface area contributed by atoms with E-state index in [9.17, 15) is 0 Å². The highest BCUT2D eigenvalue weighted by Crippen LogP contribution is 2.44. The first-order chi connectivity index (χ1) is 19.3. The van der Waals surface area contributed by atoms with Crippen LogP contribution in [0, 0.1) is 6.92 Å². The largest absolute Gasteiger partial charge is 0.255 e. The van der Waals surface area contributed by atoms with Gasteiger partial charge in [-0.1, -0.05) is 87.5 Å². The summed E-state index contributed by atoms with van der Waals surface area (Å²) in [6, 6.07) is 32.2. The van der Waals surface area contributed by atoms with E-state index >= 15 is 0 Å². The first-order valence-electron chi connectivity index (χ1n) is 14.5. The second-order valence-electron chi connectivity index (χ2n) is 12.4. The van der Waals surface area contributed by atoms with Gasteiger partial charge in [0.2, 0.25) is 0 Å². The van der Waals surface area contributed by atoms with Crippen molar-refractivity contribution >= 4 is 32.2 Å². The van der Waals surface area contributed by atoms with Crippen molar-refractivity contribution in [3.8, 4) is 21.7 Å². The summed E-state index contributed by atoms with van der Waals surface area (Å²) in [5, 5.41) is 3.93. The third kappa shape index (κ3) is 4.45. The van der Waals surface area contributed by atoms with Crippen LogP contribution < -0.4 is 0 Å². The fraction of sp³-hybridized carbons (Fsp3) is 0.237. The maximum Gasteiger partial charge on any atom is 0.0880 e. The highest BCUT2D eigenvalue weighted by atomic mass is 32.1. The van der Waals surface area contributed by atoms with Crippen LogP contribution in [0.2, 0.25) is 0 Å². The van der Waals surface area contributed by atoms with E-state index in [1.54, 1.807) is 0 Å². The van der Waals surface area contributed by atoms with Gasteiger partial charge in [0.15, 0.2) is 0 Å². The molecule has 0 atom stereocenters. The molecule has 0 aliphatic heterocycles. The molecular formula is C38H35NS. The number of rotatable bonds is 2. The Morgan fingerprint density at radius 1 is 0.700 bits per heavy atom. The molecule has 2 heterocycles. The van der Waals surface area contributed by atoms with Gasteiger partial charge in [-0.05, 0) is 111 Å². The van der Waals surface area contributed by atoms with Gasteiger partial charge in [-0.25, -0.2) is 0 Å². The highest BCUT2D eigenvalue weighted by molar-refractivity contribution is 7.23. The lowest BCUT2D eigenvalue weighted by Crippen LogP contribution is -2.12. The Morgan fingerprint density at radius 3 is 2.17 bits per heavy atom. The second kappa shape index (κ2) is 9.71. The third-order valence-corrected chi connectivity index (χ3v) is 9.97. The van der Waals surface area contributed by atoms with Gasteiger partial charge in [-0.15, -0.1) is 11.3 Å². The molecular weight excluding hydrogens is 502 g/mol. The maximum atomic E-state index is 5.01. The lowest BCUT2D eigenvalue weighted by Gasteiger charge is -2.22. The Labute approximate surface area is 241 Å². The third-order valence-electron chi connectivity index (χ3n) is 8.62. The van der Waals surface area contributed by atoms with Crippen LogP contribution >= 0.6 is 11.3 Å². The number of pyridine rings is 1. The molecule has 40 heavy (non-hydrogen) atoms. The SMILES string of the molecule is Cc1c(-c2cc3ccc2CCc2ccc(cc2)CC3)sc2c(-c3cc(C(C)(C)C)c4ccccc4c3)nccc12. The number of thiophene rings is 1. The van der Waals surface area contributed by atoms with Crippen molar-refractivity contribution in [2.45, 2.75) is 58.8 Å². The number of hydrogen-bond donors (Lipinski definition) is 0. The summed E-state index contributed by atoms with van der Waals surface area (Å²) in [5.41, 5.74) is 12.2. The van der Waals surface area contributed by atoms with Crippen molar-refractivity contribution in [2.24, 2.45) is 0 Å². The normalized spacial score (nSPS) is 13.6. The minimum Gasteiger partial charge on any atom is -0.255 e. The summed E-state index contributed by atoms with van der Waals surface area (Å²) >= 11 is 1.92. The zero-order valence-electron chi connectivity index (χ0n) is 23.8. The first kappa shape index (κ1) is 25.2. The number of benzene rings is 4. The summed E-state index contributed by atoms with van der Waals surface area (Å²) in [7, 11) is 0. The van der Waals surface area contributed by atoms with Crippen LogP contribution in [0.25, 0.3) is 42.6 Å². The molecule has 198 valence electrons. The summed E-state index contributed by atoms with van der Waals surface area (Å²) in [6.45, 7) is 9.22. The number of nitrogens with zero attached hydrogens (tertiary/aromatic N) is 1. The van der Waals surface area contributed by atoms with Crippen molar-refractivity contribution < 1.29 is 0 Å². The standard InChI is InChI=1S/C38H35NS/c1-24-31-19-20-39-35(30-22-29-7-5-6-8-32(29)34(23-30)38(2,3)4)37(31)40-36(24)33-21-27-14-13-25-9-11-26(12-10-25)15-17-28(33)18-16-27/h5-12,16,18-23H,13-15,17H2,1-4H3. The van der Waals surface area contributed by atoms with E-state index in [0.29, 0.717) is 0 Å². The van der Waals surface area contributed by atoms with Crippen molar-refractivity contribution in [3.05, 3.63) is 125 Å². The molecule has 0 saturated carbocycles. The van der Waals surface area contributed by atoms with Gasteiger partial charge in [0.1, 0.15) is 0 Å². The number of aryl methyl sites for hydroxylation is 5. The number of hydrogen-bond acceptors (Lipinski definition) is 2. The quantitative estimate of drug-likeness (QED) is 0.214. The van der Waals surface area contributed by atoms with Gasteiger partial charge in [0.05, 0.1) is 10.4 Å². The van der Waals surface area contributed by atoms with E-state index in [1.807, 2.05) is 17.5 Å². The Bertz CT molecular complexity index is 1880. The van der Waals surface area contributed by atoms with Crippen LogP contribution in [-0.4, -0.2) is 4.98 Å². The van der Waals surface area contributed by atoms with Crippen LogP contribution in [-0.2, 0) is 31.1 Å². The van der Waals surface area contributed by atoms with E-state index in [4.69, 9.17) is 4.98 Å². The van der Waals surface area contributed by atoms with Crippen LogP contribution in [0.3, 0.4) is 0 Å². The minimum atomic E-state index is 0.0398. The van der Waals surface area contributed by atoms with Gasteiger partial charge >= 0.3 is 0 Å². The molecule has 0 fully saturated rings. The Morgan fingerprint density at radius 2 is 1.40 bits per heavy atom. The summed E-state index contributed by atoms with van der Waals surface area (Å²) in [6.07, 6.45) is 6.26. The summed E-state index contributed by atoms with van der Waals surface area (Å²) in [4.78, 5) is 6.40. The first-order valence-corrected chi connectivity index (χ1v) is 15.3. The van der Waals surface area contributed by atoms with E-state index in [1.165, 1.54) is 70.2 Å². The highest BCUT2D eigenvalue weighted by Gasteiger charge is 2.22. The van der Waals surface area contributed by atoms with Gasteiger partial charge in [-0.3, -0.25) is 4.98 Å². The van der Waals surface area contributed by atoms with Gasteiger partial charge in [0.25, 0.3) is 0 Å². The summed E-state index contributed by atoms with van der Waals surface area (Å²) in [5.74, 6) is 0. The van der Waals surface area contributed by atoms with Crippen LogP contribution in [0.1, 0.15) is 54.2 Å². The number of fused-ring (bicyclic) bond motifs is 2. The van der Waals surface area contributed by atoms with E-state index in [2.05, 4.69) is 113 Å². The molecule has 4 aliphatic rings. The average molecular weight is 538 g/mol. The molecule has 2 aromatic heterocycles. The monoisotopic (exact) mass is 537 g/mol. The fourth-order valence-corrected chi connectivity index (χ4v) is 7.69. The molecule has 10 rings (SSSR count). The lowest BCUT2D eigenvalue weighted by atomic mass is 9.82. The fourth-order valence-electron chi connectivity index (χ4n) is 6.33. The maximum absolute atomic E-state index is 5.01. The van der Waals surface area contributed by atoms with Crippen LogP contribution in [0.15, 0.2) is 91.1 Å². The molecule has 0 saturated heterocycles. The van der Waals surface area contributed by atoms with Gasteiger partial charge in [-0.2, -0.15) is 0 Å². The molecule has 4 bridgehead atoms. The van der Waals surface area contributed by atoms with Crippen molar-refractivity contribution in [1.82, 2.24) is 4.98 Å². The van der Waals surface area contributed by atoms with Gasteiger partial charge in [0, 0.05) is 16.6 Å². The molecule has 0 spiro atoms. The molecule has 2 heteroatoms. The molecule has 1 nitrogen and oxygen atoms in total. The Balaban J connectivity index is 1.40. The van der Waals surface area contributed by atoms with E-state index in [-0.39, 0.29) is 5.41 Å². The average Bonchev–Trinajstić information content (AvgIpc) is 3.29. The minimum absolute atomic E-state index is 0.0398. The Hall–Kier alpha value is -3.75. The van der Waals surface area contributed by atoms with E-state index in [0.717, 1.165) is 31.4 Å². The molecule has 4 aliphatic carbocycles. The predicted molar refractivity (Wildman–Crippen MR) is 173 cm³/mol. The zero-order chi connectivity index (χ0) is 27.4. The van der Waals surface area contributed by atoms with Crippen molar-refractivity contribution in [2.75, 3.05) is 0 Å². The molecule has 6 aromatic rings. The topological polar surface area (TPSA) is 12.9 Å². The smallest absolute Gasteiger partial charge is 0.0880 e. The van der Waals surface area contributed by atoms with E-state index < -0.39 is 0 Å².